The van der Waals surface area contributed by atoms with E-state index in [2.05, 4.69) is 21.8 Å². The van der Waals surface area contributed by atoms with Gasteiger partial charge >= 0.3 is 0 Å². The Morgan fingerprint density at radius 1 is 1.25 bits per heavy atom. The molecule has 1 saturated heterocycles. The van der Waals surface area contributed by atoms with Gasteiger partial charge in [0.2, 0.25) is 10.0 Å². The number of benzene rings is 1. The number of hydrogen-bond acceptors (Lipinski definition) is 5. The van der Waals surface area contributed by atoms with Gasteiger partial charge in [-0.25, -0.2) is 13.1 Å². The topological polar surface area (TPSA) is 82.9 Å². The molecule has 1 N–H and O–H groups in total. The number of likely N-dealkylation sites (N-methyl/N-ethyl adjacent to an activating group) is 1. The summed E-state index contributed by atoms with van der Waals surface area (Å²) in [4.78, 5) is 16.9. The van der Waals surface area contributed by atoms with Crippen LogP contribution in [0, 0.1) is 0 Å². The van der Waals surface area contributed by atoms with Crippen molar-refractivity contribution in [3.8, 4) is 0 Å². The number of rotatable bonds is 7. The Labute approximate surface area is 166 Å². The number of nitrogens with zero attached hydrogens (tertiary/aromatic N) is 2. The third-order valence-corrected chi connectivity index (χ3v) is 5.65. The molecule has 2 heterocycles. The van der Waals surface area contributed by atoms with Crippen molar-refractivity contribution < 1.29 is 17.6 Å². The average Bonchev–Trinajstić information content (AvgIpc) is 3.15. The van der Waals surface area contributed by atoms with E-state index in [0.717, 1.165) is 38.7 Å². The number of carbonyl (C=O) groups excluding carboxylic acids is 1. The number of likely N-dealkylation sites (tertiary alicyclic amines) is 1. The molecular weight excluding hydrogens is 378 g/mol. The van der Waals surface area contributed by atoms with Gasteiger partial charge in [0, 0.05) is 26.2 Å². The quantitative estimate of drug-likeness (QED) is 0.762. The zero-order valence-electron chi connectivity index (χ0n) is 16.3. The average molecular weight is 406 g/mol. The molecule has 8 heteroatoms. The molecule has 3 rings (SSSR count). The third-order valence-electron chi connectivity index (χ3n) is 4.98. The van der Waals surface area contributed by atoms with Crippen molar-refractivity contribution in [2.75, 3.05) is 26.4 Å². The Morgan fingerprint density at radius 3 is 2.71 bits per heavy atom. The van der Waals surface area contributed by atoms with Gasteiger partial charge in [0.25, 0.3) is 5.91 Å². The van der Waals surface area contributed by atoms with Crippen LogP contribution in [0.15, 0.2) is 46.9 Å². The lowest BCUT2D eigenvalue weighted by Gasteiger charge is -2.37. The van der Waals surface area contributed by atoms with Gasteiger partial charge in [-0.2, -0.15) is 0 Å². The van der Waals surface area contributed by atoms with Crippen LogP contribution in [0.25, 0.3) is 0 Å². The Balaban J connectivity index is 1.59. The van der Waals surface area contributed by atoms with Crippen LogP contribution in [0.1, 0.15) is 34.7 Å². The van der Waals surface area contributed by atoms with Gasteiger partial charge in [-0.05, 0) is 37.1 Å². The summed E-state index contributed by atoms with van der Waals surface area (Å²) in [5.74, 6) is 0.460. The molecule has 0 bridgehead atoms. The SMILES string of the molecule is CN(C(=O)c1ccc(CNS(C)(=O)=O)o1)C1CCCN(Cc2ccccc2)C1. The zero-order chi connectivity index (χ0) is 20.1. The first-order valence-corrected chi connectivity index (χ1v) is 11.3. The van der Waals surface area contributed by atoms with Crippen molar-refractivity contribution in [2.24, 2.45) is 0 Å². The summed E-state index contributed by atoms with van der Waals surface area (Å²) in [7, 11) is -1.51. The summed E-state index contributed by atoms with van der Waals surface area (Å²) >= 11 is 0. The summed E-state index contributed by atoms with van der Waals surface area (Å²) in [5.41, 5.74) is 1.27. The van der Waals surface area contributed by atoms with Crippen LogP contribution in [-0.2, 0) is 23.1 Å². The number of nitrogens with one attached hydrogen (secondary N) is 1. The third kappa shape index (κ3) is 5.67. The van der Waals surface area contributed by atoms with Crippen molar-refractivity contribution in [1.29, 1.82) is 0 Å². The number of amides is 1. The minimum absolute atomic E-state index is 0.0319. The molecular formula is C20H27N3O4S. The van der Waals surface area contributed by atoms with E-state index in [4.69, 9.17) is 4.42 Å². The molecule has 2 aromatic rings. The molecule has 1 fully saturated rings. The summed E-state index contributed by atoms with van der Waals surface area (Å²) in [5, 5.41) is 0. The van der Waals surface area contributed by atoms with E-state index < -0.39 is 10.0 Å². The monoisotopic (exact) mass is 405 g/mol. The number of carbonyl (C=O) groups is 1. The number of hydrogen-bond donors (Lipinski definition) is 1. The highest BCUT2D eigenvalue weighted by atomic mass is 32.2. The molecule has 7 nitrogen and oxygen atoms in total. The molecule has 1 amide bonds. The molecule has 28 heavy (non-hydrogen) atoms. The van der Waals surface area contributed by atoms with Crippen molar-refractivity contribution in [3.63, 3.8) is 0 Å². The maximum Gasteiger partial charge on any atom is 0.289 e. The molecule has 1 aromatic heterocycles. The van der Waals surface area contributed by atoms with Crippen molar-refractivity contribution >= 4 is 15.9 Å². The van der Waals surface area contributed by atoms with Crippen LogP contribution in [-0.4, -0.2) is 56.6 Å². The maximum atomic E-state index is 12.8. The first kappa shape index (κ1) is 20.6. The fourth-order valence-electron chi connectivity index (χ4n) is 3.46. The normalized spacial score (nSPS) is 18.1. The maximum absolute atomic E-state index is 12.8. The second kappa shape index (κ2) is 8.89. The van der Waals surface area contributed by atoms with Crippen LogP contribution in [0.4, 0.5) is 0 Å². The number of furan rings is 1. The van der Waals surface area contributed by atoms with Crippen LogP contribution < -0.4 is 4.72 Å². The highest BCUT2D eigenvalue weighted by Gasteiger charge is 2.28. The van der Waals surface area contributed by atoms with Crippen molar-refractivity contribution in [3.05, 3.63) is 59.5 Å². The molecule has 1 aromatic carbocycles. The van der Waals surface area contributed by atoms with Gasteiger partial charge in [-0.15, -0.1) is 0 Å². The van der Waals surface area contributed by atoms with Crippen LogP contribution >= 0.6 is 0 Å². The molecule has 0 aliphatic carbocycles. The van der Waals surface area contributed by atoms with Crippen LogP contribution in [0.2, 0.25) is 0 Å². The standard InChI is InChI=1S/C20H27N3O4S/c1-22(20(24)19-11-10-18(27-19)13-21-28(2,25)26)17-9-6-12-23(15-17)14-16-7-4-3-5-8-16/h3-5,7-8,10-11,17,21H,6,9,12-15H2,1-2H3. The lowest BCUT2D eigenvalue weighted by Crippen LogP contribution is -2.48. The fourth-order valence-corrected chi connectivity index (χ4v) is 3.87. The Bertz CT molecular complexity index is 895. The first-order chi connectivity index (χ1) is 13.3. The molecule has 1 atom stereocenters. The van der Waals surface area contributed by atoms with Crippen LogP contribution in [0.3, 0.4) is 0 Å². The largest absolute Gasteiger partial charge is 0.455 e. The van der Waals surface area contributed by atoms with E-state index in [1.165, 1.54) is 5.56 Å². The summed E-state index contributed by atoms with van der Waals surface area (Å²) in [6, 6.07) is 13.7. The second-order valence-corrected chi connectivity index (χ2v) is 9.13. The highest BCUT2D eigenvalue weighted by Crippen LogP contribution is 2.20. The molecule has 152 valence electrons. The Kier molecular flexibility index (Phi) is 6.53. The highest BCUT2D eigenvalue weighted by molar-refractivity contribution is 7.88. The van der Waals surface area contributed by atoms with Gasteiger partial charge in [-0.3, -0.25) is 9.69 Å². The summed E-state index contributed by atoms with van der Waals surface area (Å²) in [6.45, 7) is 2.75. The van der Waals surface area contributed by atoms with Gasteiger partial charge in [0.05, 0.1) is 12.8 Å². The van der Waals surface area contributed by atoms with E-state index in [1.54, 1.807) is 24.1 Å². The smallest absolute Gasteiger partial charge is 0.289 e. The zero-order valence-corrected chi connectivity index (χ0v) is 17.1. The predicted octanol–water partition coefficient (Wildman–Crippen LogP) is 2.07. The number of piperidine rings is 1. The lowest BCUT2D eigenvalue weighted by atomic mass is 10.0. The lowest BCUT2D eigenvalue weighted by molar-refractivity contribution is 0.0578. The van der Waals surface area contributed by atoms with Gasteiger partial charge in [0.1, 0.15) is 5.76 Å². The Morgan fingerprint density at radius 2 is 2.00 bits per heavy atom. The first-order valence-electron chi connectivity index (χ1n) is 9.38. The predicted molar refractivity (Wildman–Crippen MR) is 107 cm³/mol. The Hall–Kier alpha value is -2.16. The molecule has 0 radical (unpaired) electrons. The number of sulfonamides is 1. The molecule has 1 unspecified atom stereocenters. The minimum atomic E-state index is -3.31. The second-order valence-electron chi connectivity index (χ2n) is 7.29. The molecule has 0 saturated carbocycles. The van der Waals surface area contributed by atoms with E-state index in [-0.39, 0.29) is 24.3 Å². The molecule has 1 aliphatic heterocycles. The van der Waals surface area contributed by atoms with Gasteiger partial charge in [0.15, 0.2) is 5.76 Å². The van der Waals surface area contributed by atoms with E-state index in [9.17, 15) is 13.2 Å². The van der Waals surface area contributed by atoms with Crippen molar-refractivity contribution in [2.45, 2.75) is 32.0 Å². The fraction of sp³-hybridized carbons (Fsp3) is 0.450. The molecule has 1 aliphatic rings. The van der Waals surface area contributed by atoms with E-state index >= 15 is 0 Å². The van der Waals surface area contributed by atoms with E-state index in [1.807, 2.05) is 18.2 Å². The van der Waals surface area contributed by atoms with Crippen molar-refractivity contribution in [1.82, 2.24) is 14.5 Å². The minimum Gasteiger partial charge on any atom is -0.455 e. The van der Waals surface area contributed by atoms with Gasteiger partial charge < -0.3 is 9.32 Å². The van der Waals surface area contributed by atoms with Crippen LogP contribution in [0.5, 0.6) is 0 Å². The van der Waals surface area contributed by atoms with E-state index in [0.29, 0.717) is 5.76 Å². The summed E-state index contributed by atoms with van der Waals surface area (Å²) < 4.78 is 30.3. The molecule has 0 spiro atoms. The van der Waals surface area contributed by atoms with Gasteiger partial charge in [-0.1, -0.05) is 30.3 Å². The summed E-state index contributed by atoms with van der Waals surface area (Å²) in [6.07, 6.45) is 3.08.